The summed E-state index contributed by atoms with van der Waals surface area (Å²) in [4.78, 5) is 21.3. The van der Waals surface area contributed by atoms with Crippen LogP contribution in [-0.2, 0) is 16.1 Å². The highest BCUT2D eigenvalue weighted by Gasteiger charge is 2.49. The van der Waals surface area contributed by atoms with Crippen molar-refractivity contribution >= 4 is 5.91 Å². The second-order valence-corrected chi connectivity index (χ2v) is 7.78. The van der Waals surface area contributed by atoms with Crippen molar-refractivity contribution in [2.75, 3.05) is 40.5 Å². The van der Waals surface area contributed by atoms with Gasteiger partial charge in [-0.3, -0.25) is 14.7 Å². The van der Waals surface area contributed by atoms with Crippen molar-refractivity contribution in [1.29, 1.82) is 0 Å². The van der Waals surface area contributed by atoms with Crippen LogP contribution in [0.4, 0.5) is 4.39 Å². The minimum atomic E-state index is -0.277. The summed E-state index contributed by atoms with van der Waals surface area (Å²) in [6.45, 7) is 3.15. The molecule has 6 nitrogen and oxygen atoms in total. The summed E-state index contributed by atoms with van der Waals surface area (Å²) < 4.78 is 24.3. The molecule has 2 aromatic rings. The summed E-state index contributed by atoms with van der Waals surface area (Å²) in [5.74, 6) is 1.07. The third-order valence-corrected chi connectivity index (χ3v) is 5.93. The maximum Gasteiger partial charge on any atom is 0.249 e. The average molecular weight is 399 g/mol. The van der Waals surface area contributed by atoms with E-state index in [1.165, 1.54) is 13.2 Å². The Hall–Kier alpha value is -2.51. The number of carbonyl (C=O) groups excluding carboxylic acids is 1. The maximum absolute atomic E-state index is 13.9. The number of likely N-dealkylation sites (tertiary alicyclic amines) is 2. The number of pyridine rings is 1. The molecule has 4 rings (SSSR count). The minimum Gasteiger partial charge on any atom is -0.497 e. The predicted molar refractivity (Wildman–Crippen MR) is 106 cm³/mol. The lowest BCUT2D eigenvalue weighted by Gasteiger charge is -2.30. The first-order valence-corrected chi connectivity index (χ1v) is 9.84. The molecule has 0 saturated carbocycles. The van der Waals surface area contributed by atoms with Gasteiger partial charge in [0, 0.05) is 51.5 Å². The summed E-state index contributed by atoms with van der Waals surface area (Å²) >= 11 is 0. The van der Waals surface area contributed by atoms with Gasteiger partial charge < -0.3 is 14.4 Å². The van der Waals surface area contributed by atoms with E-state index in [2.05, 4.69) is 9.88 Å². The Kier molecular flexibility index (Phi) is 5.78. The van der Waals surface area contributed by atoms with Gasteiger partial charge in [-0.15, -0.1) is 0 Å². The van der Waals surface area contributed by atoms with E-state index in [9.17, 15) is 9.18 Å². The molecular weight excluding hydrogens is 373 g/mol. The zero-order valence-electron chi connectivity index (χ0n) is 16.8. The number of benzene rings is 1. The number of rotatable bonds is 6. The Morgan fingerprint density at radius 1 is 1.21 bits per heavy atom. The lowest BCUT2D eigenvalue weighted by Crippen LogP contribution is -2.37. The van der Waals surface area contributed by atoms with E-state index >= 15 is 0 Å². The second-order valence-electron chi connectivity index (χ2n) is 7.78. The van der Waals surface area contributed by atoms with Gasteiger partial charge in [0.15, 0.2) is 0 Å². The molecule has 0 bridgehead atoms. The van der Waals surface area contributed by atoms with E-state index < -0.39 is 0 Å². The van der Waals surface area contributed by atoms with Crippen molar-refractivity contribution in [2.24, 2.45) is 11.8 Å². The van der Waals surface area contributed by atoms with Crippen LogP contribution in [-0.4, -0.2) is 61.2 Å². The number of methoxy groups -OCH3 is 2. The maximum atomic E-state index is 13.9. The van der Waals surface area contributed by atoms with E-state index in [4.69, 9.17) is 9.47 Å². The largest absolute Gasteiger partial charge is 0.497 e. The predicted octanol–water partition coefficient (Wildman–Crippen LogP) is 2.51. The van der Waals surface area contributed by atoms with Gasteiger partial charge in [-0.25, -0.2) is 4.39 Å². The number of hydrogen-bond acceptors (Lipinski definition) is 5. The normalized spacial score (nSPS) is 24.0. The van der Waals surface area contributed by atoms with Crippen molar-refractivity contribution in [3.63, 3.8) is 0 Å². The lowest BCUT2D eigenvalue weighted by atomic mass is 9.89. The van der Waals surface area contributed by atoms with Gasteiger partial charge >= 0.3 is 0 Å². The van der Waals surface area contributed by atoms with Crippen molar-refractivity contribution in [1.82, 2.24) is 14.8 Å². The molecule has 154 valence electrons. The molecule has 2 saturated heterocycles. The number of amides is 1. The fraction of sp³-hybridized carbons (Fsp3) is 0.455. The molecule has 0 N–H and O–H groups in total. The third kappa shape index (κ3) is 4.11. The first-order chi connectivity index (χ1) is 14.1. The molecule has 1 amide bonds. The Bertz CT molecular complexity index is 878. The van der Waals surface area contributed by atoms with Gasteiger partial charge in [-0.2, -0.15) is 0 Å². The van der Waals surface area contributed by atoms with Crippen LogP contribution >= 0.6 is 0 Å². The van der Waals surface area contributed by atoms with E-state index in [-0.39, 0.29) is 30.3 Å². The second kappa shape index (κ2) is 8.47. The Labute approximate surface area is 170 Å². The molecule has 2 aliphatic rings. The molecule has 7 heteroatoms. The Balaban J connectivity index is 1.54. The molecule has 0 unspecified atom stereocenters. The van der Waals surface area contributed by atoms with Crippen LogP contribution in [0.2, 0.25) is 0 Å². The number of carbonyl (C=O) groups is 1. The van der Waals surface area contributed by atoms with Gasteiger partial charge in [0.05, 0.1) is 18.8 Å². The van der Waals surface area contributed by atoms with Crippen molar-refractivity contribution in [3.05, 3.63) is 59.7 Å². The molecule has 0 aliphatic carbocycles. The quantitative estimate of drug-likeness (QED) is 0.747. The summed E-state index contributed by atoms with van der Waals surface area (Å²) in [5, 5.41) is 0. The fourth-order valence-corrected chi connectivity index (χ4v) is 4.75. The average Bonchev–Trinajstić information content (AvgIpc) is 3.25. The fourth-order valence-electron chi connectivity index (χ4n) is 4.75. The number of aromatic nitrogens is 1. The van der Waals surface area contributed by atoms with Gasteiger partial charge in [-0.05, 0) is 29.7 Å². The lowest BCUT2D eigenvalue weighted by molar-refractivity contribution is -0.136. The van der Waals surface area contributed by atoms with Gasteiger partial charge in [0.1, 0.15) is 18.2 Å². The monoisotopic (exact) mass is 399 g/mol. The molecule has 3 heterocycles. The molecule has 1 aromatic heterocycles. The SMILES string of the molecule is COCC(=O)N1C[C@H]2CN(Cc3cc(OC)ccn3)C[C@H]2[C@@H]1c1cccc(F)c1. The first kappa shape index (κ1) is 19.8. The molecule has 29 heavy (non-hydrogen) atoms. The van der Waals surface area contributed by atoms with Crippen molar-refractivity contribution in [3.8, 4) is 5.75 Å². The Morgan fingerprint density at radius 3 is 2.83 bits per heavy atom. The van der Waals surface area contributed by atoms with Crippen LogP contribution in [0.5, 0.6) is 5.75 Å². The van der Waals surface area contributed by atoms with Crippen LogP contribution in [0.25, 0.3) is 0 Å². The highest BCUT2D eigenvalue weighted by molar-refractivity contribution is 5.78. The standard InChI is InChI=1S/C22H26FN3O3/c1-28-14-21(27)26-11-16-10-25(12-18-9-19(29-2)6-7-24-18)13-20(16)22(26)15-4-3-5-17(23)8-15/h3-9,16,20,22H,10-14H2,1-2H3/t16-,20-,22+/m1/s1. The smallest absolute Gasteiger partial charge is 0.249 e. The van der Waals surface area contributed by atoms with Crippen LogP contribution in [0.3, 0.4) is 0 Å². The summed E-state index contributed by atoms with van der Waals surface area (Å²) in [5.41, 5.74) is 1.81. The van der Waals surface area contributed by atoms with Crippen molar-refractivity contribution in [2.45, 2.75) is 12.6 Å². The molecule has 2 fully saturated rings. The van der Waals surface area contributed by atoms with Gasteiger partial charge in [-0.1, -0.05) is 12.1 Å². The zero-order valence-corrected chi connectivity index (χ0v) is 16.8. The summed E-state index contributed by atoms with van der Waals surface area (Å²) in [6.07, 6.45) is 1.76. The van der Waals surface area contributed by atoms with Crippen LogP contribution < -0.4 is 4.74 Å². The number of halogens is 1. The number of hydrogen-bond donors (Lipinski definition) is 0. The molecule has 3 atom stereocenters. The van der Waals surface area contributed by atoms with Crippen molar-refractivity contribution < 1.29 is 18.7 Å². The highest BCUT2D eigenvalue weighted by atomic mass is 19.1. The third-order valence-electron chi connectivity index (χ3n) is 5.93. The Morgan fingerprint density at radius 2 is 2.07 bits per heavy atom. The van der Waals surface area contributed by atoms with Crippen LogP contribution in [0.1, 0.15) is 17.3 Å². The minimum absolute atomic E-state index is 0.0443. The van der Waals surface area contributed by atoms with E-state index in [1.54, 1.807) is 25.4 Å². The van der Waals surface area contributed by atoms with E-state index in [0.29, 0.717) is 12.5 Å². The molecule has 0 spiro atoms. The first-order valence-electron chi connectivity index (χ1n) is 9.84. The van der Waals surface area contributed by atoms with E-state index in [0.717, 1.165) is 36.6 Å². The molecule has 0 radical (unpaired) electrons. The number of ether oxygens (including phenoxy) is 2. The zero-order chi connectivity index (χ0) is 20.4. The molecule has 2 aliphatic heterocycles. The number of nitrogens with zero attached hydrogens (tertiary/aromatic N) is 3. The molecular formula is C22H26FN3O3. The van der Waals surface area contributed by atoms with Crippen LogP contribution in [0.15, 0.2) is 42.6 Å². The van der Waals surface area contributed by atoms with Crippen LogP contribution in [0, 0.1) is 17.7 Å². The summed E-state index contributed by atoms with van der Waals surface area (Å²) in [6, 6.07) is 10.3. The van der Waals surface area contributed by atoms with Gasteiger partial charge in [0.2, 0.25) is 5.91 Å². The van der Waals surface area contributed by atoms with Gasteiger partial charge in [0.25, 0.3) is 0 Å². The highest BCUT2D eigenvalue weighted by Crippen LogP contribution is 2.45. The topological polar surface area (TPSA) is 54.9 Å². The summed E-state index contributed by atoms with van der Waals surface area (Å²) in [7, 11) is 3.17. The molecule has 1 aromatic carbocycles. The van der Waals surface area contributed by atoms with E-state index in [1.807, 2.05) is 23.1 Å². The number of fused-ring (bicyclic) bond motifs is 1.